The predicted molar refractivity (Wildman–Crippen MR) is 67.2 cm³/mol. The number of rotatable bonds is 2. The Morgan fingerprint density at radius 3 is 2.59 bits per heavy atom. The number of carboxylic acid groups (broad SMARTS) is 1. The molecule has 0 aliphatic rings. The van der Waals surface area contributed by atoms with Crippen molar-refractivity contribution in [1.82, 2.24) is 4.98 Å². The summed E-state index contributed by atoms with van der Waals surface area (Å²) >= 11 is 0. The number of carboxylic acids is 1. The number of benzene rings is 1. The van der Waals surface area contributed by atoms with Gasteiger partial charge < -0.3 is 10.8 Å². The lowest BCUT2D eigenvalue weighted by molar-refractivity contribution is 0.0696. The summed E-state index contributed by atoms with van der Waals surface area (Å²) in [5, 5.41) is 9.92. The number of fused-ring (bicyclic) bond motifs is 1. The number of aromatic carboxylic acids is 1. The molecule has 4 heteroatoms. The summed E-state index contributed by atoms with van der Waals surface area (Å²) in [6.07, 6.45) is 0. The van der Waals surface area contributed by atoms with Gasteiger partial charge in [-0.05, 0) is 12.0 Å². The van der Waals surface area contributed by atoms with E-state index in [1.807, 2.05) is 32.0 Å². The number of hydrogen-bond donors (Lipinski definition) is 2. The van der Waals surface area contributed by atoms with Crippen LogP contribution in [0.4, 0.5) is 5.69 Å². The number of aromatic nitrogens is 1. The van der Waals surface area contributed by atoms with Crippen LogP contribution in [0, 0.1) is 0 Å². The predicted octanol–water partition coefficient (Wildman–Crippen LogP) is 2.64. The minimum atomic E-state index is -1.02. The SMILES string of the molecule is CC(C)c1nc2ccccc2c(N)c1C(=O)O. The molecule has 0 radical (unpaired) electrons. The molecule has 0 bridgehead atoms. The molecule has 0 spiro atoms. The third-order valence-electron chi connectivity index (χ3n) is 2.72. The lowest BCUT2D eigenvalue weighted by atomic mass is 9.99. The van der Waals surface area contributed by atoms with E-state index >= 15 is 0 Å². The first kappa shape index (κ1) is 11.4. The Hall–Kier alpha value is -2.10. The van der Waals surface area contributed by atoms with Gasteiger partial charge in [0.2, 0.25) is 0 Å². The summed E-state index contributed by atoms with van der Waals surface area (Å²) in [5.41, 5.74) is 7.63. The lowest BCUT2D eigenvalue weighted by Crippen LogP contribution is -2.11. The summed E-state index contributed by atoms with van der Waals surface area (Å²) in [4.78, 5) is 15.7. The number of anilines is 1. The molecule has 1 aromatic carbocycles. The molecule has 0 atom stereocenters. The van der Waals surface area contributed by atoms with E-state index in [-0.39, 0.29) is 11.5 Å². The van der Waals surface area contributed by atoms with E-state index in [0.29, 0.717) is 16.8 Å². The Labute approximate surface area is 99.1 Å². The third kappa shape index (κ3) is 1.82. The van der Waals surface area contributed by atoms with Crippen molar-refractivity contribution in [1.29, 1.82) is 0 Å². The molecule has 4 nitrogen and oxygen atoms in total. The highest BCUT2D eigenvalue weighted by molar-refractivity contribution is 6.04. The van der Waals surface area contributed by atoms with Crippen LogP contribution in [0.5, 0.6) is 0 Å². The Morgan fingerprint density at radius 1 is 1.35 bits per heavy atom. The Balaban J connectivity index is 2.89. The van der Waals surface area contributed by atoms with Crippen molar-refractivity contribution in [3.05, 3.63) is 35.5 Å². The Morgan fingerprint density at radius 2 is 2.00 bits per heavy atom. The fraction of sp³-hybridized carbons (Fsp3) is 0.231. The van der Waals surface area contributed by atoms with Gasteiger partial charge in [-0.3, -0.25) is 4.98 Å². The maximum absolute atomic E-state index is 11.3. The standard InChI is InChI=1S/C13H14N2O2/c1-7(2)12-10(13(16)17)11(14)8-5-3-4-6-9(8)15-12/h3-7H,1-2H3,(H2,14,15)(H,16,17). The molecule has 0 aliphatic carbocycles. The van der Waals surface area contributed by atoms with Crippen molar-refractivity contribution in [3.63, 3.8) is 0 Å². The zero-order valence-electron chi connectivity index (χ0n) is 9.77. The smallest absolute Gasteiger partial charge is 0.339 e. The average Bonchev–Trinajstić information content (AvgIpc) is 2.28. The molecule has 2 aromatic rings. The summed E-state index contributed by atoms with van der Waals surface area (Å²) in [6.45, 7) is 3.81. The van der Waals surface area contributed by atoms with Gasteiger partial charge in [0.15, 0.2) is 0 Å². The van der Waals surface area contributed by atoms with Gasteiger partial charge >= 0.3 is 5.97 Å². The lowest BCUT2D eigenvalue weighted by Gasteiger charge is -2.13. The van der Waals surface area contributed by atoms with Crippen molar-refractivity contribution < 1.29 is 9.90 Å². The first-order chi connectivity index (χ1) is 8.02. The van der Waals surface area contributed by atoms with Crippen molar-refractivity contribution in [2.45, 2.75) is 19.8 Å². The number of para-hydroxylation sites is 1. The molecule has 1 heterocycles. The van der Waals surface area contributed by atoms with Crippen LogP contribution < -0.4 is 5.73 Å². The summed E-state index contributed by atoms with van der Waals surface area (Å²) < 4.78 is 0. The van der Waals surface area contributed by atoms with Gasteiger partial charge in [0.25, 0.3) is 0 Å². The minimum absolute atomic E-state index is 0.0213. The van der Waals surface area contributed by atoms with Crippen LogP contribution >= 0.6 is 0 Å². The highest BCUT2D eigenvalue weighted by Crippen LogP contribution is 2.29. The van der Waals surface area contributed by atoms with Crippen molar-refractivity contribution in [3.8, 4) is 0 Å². The van der Waals surface area contributed by atoms with E-state index in [0.717, 1.165) is 5.52 Å². The van der Waals surface area contributed by atoms with E-state index in [1.165, 1.54) is 0 Å². The molecule has 3 N–H and O–H groups in total. The fourth-order valence-electron chi connectivity index (χ4n) is 1.90. The second-order valence-electron chi connectivity index (χ2n) is 4.26. The van der Waals surface area contributed by atoms with Crippen molar-refractivity contribution >= 4 is 22.6 Å². The first-order valence-electron chi connectivity index (χ1n) is 5.43. The van der Waals surface area contributed by atoms with Crippen LogP contribution in [0.1, 0.15) is 35.8 Å². The summed E-state index contributed by atoms with van der Waals surface area (Å²) in [7, 11) is 0. The molecular formula is C13H14N2O2. The van der Waals surface area contributed by atoms with Gasteiger partial charge in [0.1, 0.15) is 5.56 Å². The summed E-state index contributed by atoms with van der Waals surface area (Å²) in [5.74, 6) is -1.00. The molecule has 0 aliphatic heterocycles. The second-order valence-corrected chi connectivity index (χ2v) is 4.26. The quantitative estimate of drug-likeness (QED) is 0.831. The van der Waals surface area contributed by atoms with E-state index in [1.54, 1.807) is 6.07 Å². The van der Waals surface area contributed by atoms with Gasteiger partial charge in [-0.2, -0.15) is 0 Å². The highest BCUT2D eigenvalue weighted by atomic mass is 16.4. The molecule has 0 saturated carbocycles. The van der Waals surface area contributed by atoms with Gasteiger partial charge in [-0.15, -0.1) is 0 Å². The number of nitrogen functional groups attached to an aromatic ring is 1. The number of pyridine rings is 1. The topological polar surface area (TPSA) is 76.2 Å². The van der Waals surface area contributed by atoms with Gasteiger partial charge in [0, 0.05) is 5.39 Å². The van der Waals surface area contributed by atoms with Gasteiger partial charge in [-0.25, -0.2) is 4.79 Å². The van der Waals surface area contributed by atoms with Crippen molar-refractivity contribution in [2.75, 3.05) is 5.73 Å². The average molecular weight is 230 g/mol. The highest BCUT2D eigenvalue weighted by Gasteiger charge is 2.20. The Bertz CT molecular complexity index is 591. The monoisotopic (exact) mass is 230 g/mol. The second kappa shape index (κ2) is 4.05. The zero-order valence-corrected chi connectivity index (χ0v) is 9.77. The molecule has 1 aromatic heterocycles. The number of carbonyl (C=O) groups is 1. The van der Waals surface area contributed by atoms with E-state index in [9.17, 15) is 9.90 Å². The largest absolute Gasteiger partial charge is 0.478 e. The van der Waals surface area contributed by atoms with Crippen LogP contribution in [-0.4, -0.2) is 16.1 Å². The fourth-order valence-corrected chi connectivity index (χ4v) is 1.90. The van der Waals surface area contributed by atoms with Crippen molar-refractivity contribution in [2.24, 2.45) is 0 Å². The normalized spacial score (nSPS) is 11.0. The Kier molecular flexibility index (Phi) is 2.71. The summed E-state index contributed by atoms with van der Waals surface area (Å²) in [6, 6.07) is 7.30. The van der Waals surface area contributed by atoms with Crippen LogP contribution in [0.15, 0.2) is 24.3 Å². The first-order valence-corrected chi connectivity index (χ1v) is 5.43. The zero-order chi connectivity index (χ0) is 12.6. The molecule has 0 unspecified atom stereocenters. The van der Waals surface area contributed by atoms with Gasteiger partial charge in [-0.1, -0.05) is 32.0 Å². The number of hydrogen-bond acceptors (Lipinski definition) is 3. The van der Waals surface area contributed by atoms with Crippen LogP contribution in [-0.2, 0) is 0 Å². The van der Waals surface area contributed by atoms with Gasteiger partial charge in [0.05, 0.1) is 16.9 Å². The van der Waals surface area contributed by atoms with Crippen LogP contribution in [0.3, 0.4) is 0 Å². The molecule has 0 fully saturated rings. The van der Waals surface area contributed by atoms with E-state index in [4.69, 9.17) is 5.73 Å². The van der Waals surface area contributed by atoms with Crippen LogP contribution in [0.2, 0.25) is 0 Å². The molecule has 2 rings (SSSR count). The van der Waals surface area contributed by atoms with E-state index < -0.39 is 5.97 Å². The molecule has 0 saturated heterocycles. The molecule has 88 valence electrons. The third-order valence-corrected chi connectivity index (χ3v) is 2.72. The maximum atomic E-state index is 11.3. The minimum Gasteiger partial charge on any atom is -0.478 e. The number of nitrogens with two attached hydrogens (primary N) is 1. The number of nitrogens with zero attached hydrogens (tertiary/aromatic N) is 1. The molecule has 17 heavy (non-hydrogen) atoms. The van der Waals surface area contributed by atoms with E-state index in [2.05, 4.69) is 4.98 Å². The molecule has 0 amide bonds. The van der Waals surface area contributed by atoms with Crippen LogP contribution in [0.25, 0.3) is 10.9 Å². The maximum Gasteiger partial charge on any atom is 0.339 e. The molecular weight excluding hydrogens is 216 g/mol.